The number of aromatic carboxylic acids is 1. The molecule has 0 saturated carbocycles. The average molecular weight is 220 g/mol. The second-order valence-corrected chi connectivity index (χ2v) is 3.36. The SMILES string of the molecule is CCc1onc(C(=O)[O-])c1Cc1cn[nH]c1. The summed E-state index contributed by atoms with van der Waals surface area (Å²) in [7, 11) is 0. The van der Waals surface area contributed by atoms with Crippen LogP contribution in [0.2, 0.25) is 0 Å². The zero-order valence-electron chi connectivity index (χ0n) is 8.69. The summed E-state index contributed by atoms with van der Waals surface area (Å²) in [5.74, 6) is -0.748. The zero-order valence-corrected chi connectivity index (χ0v) is 8.69. The van der Waals surface area contributed by atoms with E-state index in [-0.39, 0.29) is 5.69 Å². The van der Waals surface area contributed by atoms with Crippen molar-refractivity contribution in [2.24, 2.45) is 0 Å². The number of H-pyrrole nitrogens is 1. The van der Waals surface area contributed by atoms with E-state index >= 15 is 0 Å². The van der Waals surface area contributed by atoms with Crippen LogP contribution in [0.5, 0.6) is 0 Å². The van der Waals surface area contributed by atoms with Crippen molar-refractivity contribution in [3.8, 4) is 0 Å². The molecule has 2 rings (SSSR count). The van der Waals surface area contributed by atoms with Gasteiger partial charge in [0.1, 0.15) is 11.5 Å². The minimum Gasteiger partial charge on any atom is -0.543 e. The van der Waals surface area contributed by atoms with Crippen molar-refractivity contribution in [1.82, 2.24) is 15.4 Å². The molecule has 0 atom stereocenters. The number of rotatable bonds is 4. The van der Waals surface area contributed by atoms with Crippen LogP contribution in [0, 0.1) is 0 Å². The van der Waals surface area contributed by atoms with Gasteiger partial charge in [0.05, 0.1) is 12.2 Å². The molecule has 6 heteroatoms. The van der Waals surface area contributed by atoms with Crippen LogP contribution in [0.15, 0.2) is 16.9 Å². The van der Waals surface area contributed by atoms with Crippen LogP contribution >= 0.6 is 0 Å². The fraction of sp³-hybridized carbons (Fsp3) is 0.300. The summed E-state index contributed by atoms with van der Waals surface area (Å²) in [6, 6.07) is 0. The number of nitrogens with one attached hydrogen (secondary N) is 1. The largest absolute Gasteiger partial charge is 0.543 e. The van der Waals surface area contributed by atoms with Gasteiger partial charge in [-0.15, -0.1) is 0 Å². The first-order chi connectivity index (χ1) is 7.72. The Morgan fingerprint density at radius 1 is 1.62 bits per heavy atom. The van der Waals surface area contributed by atoms with E-state index in [9.17, 15) is 9.90 Å². The van der Waals surface area contributed by atoms with Crippen molar-refractivity contribution in [2.45, 2.75) is 19.8 Å². The highest BCUT2D eigenvalue weighted by molar-refractivity contribution is 5.85. The Labute approximate surface area is 91.3 Å². The third kappa shape index (κ3) is 1.81. The monoisotopic (exact) mass is 220 g/mol. The maximum Gasteiger partial charge on any atom is 0.140 e. The van der Waals surface area contributed by atoms with Crippen molar-refractivity contribution in [3.63, 3.8) is 0 Å². The summed E-state index contributed by atoms with van der Waals surface area (Å²) in [4.78, 5) is 10.8. The normalized spacial score (nSPS) is 10.6. The van der Waals surface area contributed by atoms with Crippen molar-refractivity contribution in [3.05, 3.63) is 35.0 Å². The van der Waals surface area contributed by atoms with Crippen LogP contribution in [-0.4, -0.2) is 21.3 Å². The van der Waals surface area contributed by atoms with Gasteiger partial charge in [-0.05, 0) is 5.56 Å². The van der Waals surface area contributed by atoms with E-state index in [0.717, 1.165) is 5.56 Å². The summed E-state index contributed by atoms with van der Waals surface area (Å²) in [6.07, 6.45) is 4.34. The van der Waals surface area contributed by atoms with Crippen molar-refractivity contribution in [1.29, 1.82) is 0 Å². The van der Waals surface area contributed by atoms with E-state index in [1.165, 1.54) is 0 Å². The predicted octanol–water partition coefficient (Wildman–Crippen LogP) is -0.0856. The molecule has 0 amide bonds. The van der Waals surface area contributed by atoms with Gasteiger partial charge in [0.25, 0.3) is 0 Å². The second-order valence-electron chi connectivity index (χ2n) is 3.36. The van der Waals surface area contributed by atoms with Crippen LogP contribution in [0.4, 0.5) is 0 Å². The quantitative estimate of drug-likeness (QED) is 0.777. The van der Waals surface area contributed by atoms with Gasteiger partial charge >= 0.3 is 0 Å². The fourth-order valence-corrected chi connectivity index (χ4v) is 1.54. The van der Waals surface area contributed by atoms with Crippen LogP contribution in [0.25, 0.3) is 0 Å². The number of nitrogens with zero attached hydrogens (tertiary/aromatic N) is 2. The molecule has 0 aliphatic carbocycles. The molecule has 0 fully saturated rings. The Morgan fingerprint density at radius 2 is 2.44 bits per heavy atom. The van der Waals surface area contributed by atoms with Crippen LogP contribution in [0.1, 0.15) is 34.3 Å². The molecule has 2 aromatic heterocycles. The number of carboxylic acid groups (broad SMARTS) is 1. The average Bonchev–Trinajstić information content (AvgIpc) is 2.87. The summed E-state index contributed by atoms with van der Waals surface area (Å²) in [5.41, 5.74) is 1.31. The van der Waals surface area contributed by atoms with Gasteiger partial charge in [-0.3, -0.25) is 5.10 Å². The van der Waals surface area contributed by atoms with Gasteiger partial charge in [-0.25, -0.2) is 0 Å². The maximum absolute atomic E-state index is 10.8. The lowest BCUT2D eigenvalue weighted by atomic mass is 10.0. The van der Waals surface area contributed by atoms with Gasteiger partial charge < -0.3 is 14.4 Å². The molecule has 0 aromatic carbocycles. The number of aromatic nitrogens is 3. The topological polar surface area (TPSA) is 94.8 Å². The smallest absolute Gasteiger partial charge is 0.140 e. The molecule has 0 aliphatic heterocycles. The minimum atomic E-state index is -1.32. The number of hydrogen-bond donors (Lipinski definition) is 1. The predicted molar refractivity (Wildman–Crippen MR) is 51.6 cm³/mol. The van der Waals surface area contributed by atoms with Crippen LogP contribution in [-0.2, 0) is 12.8 Å². The van der Waals surface area contributed by atoms with E-state index < -0.39 is 5.97 Å². The summed E-state index contributed by atoms with van der Waals surface area (Å²) >= 11 is 0. The summed E-state index contributed by atoms with van der Waals surface area (Å²) < 4.78 is 4.95. The fourth-order valence-electron chi connectivity index (χ4n) is 1.54. The van der Waals surface area contributed by atoms with E-state index in [0.29, 0.717) is 24.2 Å². The Morgan fingerprint density at radius 3 is 3.00 bits per heavy atom. The number of carbonyl (C=O) groups is 1. The Bertz CT molecular complexity index is 487. The lowest BCUT2D eigenvalue weighted by Crippen LogP contribution is -2.24. The third-order valence-corrected chi connectivity index (χ3v) is 2.32. The number of carboxylic acids is 1. The van der Waals surface area contributed by atoms with Crippen LogP contribution in [0.3, 0.4) is 0 Å². The first-order valence-electron chi connectivity index (χ1n) is 4.88. The Kier molecular flexibility index (Phi) is 2.72. The van der Waals surface area contributed by atoms with E-state index in [4.69, 9.17) is 4.52 Å². The van der Waals surface area contributed by atoms with Gasteiger partial charge in [0, 0.05) is 24.6 Å². The van der Waals surface area contributed by atoms with Gasteiger partial charge in [-0.2, -0.15) is 5.10 Å². The highest BCUT2D eigenvalue weighted by Crippen LogP contribution is 2.18. The lowest BCUT2D eigenvalue weighted by Gasteiger charge is -2.01. The van der Waals surface area contributed by atoms with Crippen molar-refractivity contribution >= 4 is 5.97 Å². The highest BCUT2D eigenvalue weighted by Gasteiger charge is 2.16. The summed E-state index contributed by atoms with van der Waals surface area (Å²) in [5, 5.41) is 20.8. The maximum atomic E-state index is 10.8. The zero-order chi connectivity index (χ0) is 11.5. The molecule has 16 heavy (non-hydrogen) atoms. The summed E-state index contributed by atoms with van der Waals surface area (Å²) in [6.45, 7) is 1.87. The number of carbonyl (C=O) groups excluding carboxylic acids is 1. The molecular weight excluding hydrogens is 210 g/mol. The molecule has 0 radical (unpaired) electrons. The van der Waals surface area contributed by atoms with E-state index in [2.05, 4.69) is 15.4 Å². The lowest BCUT2D eigenvalue weighted by molar-refractivity contribution is -0.255. The van der Waals surface area contributed by atoms with Crippen molar-refractivity contribution in [2.75, 3.05) is 0 Å². The first kappa shape index (κ1) is 10.4. The van der Waals surface area contributed by atoms with E-state index in [1.807, 2.05) is 6.92 Å². The number of aromatic amines is 1. The third-order valence-electron chi connectivity index (χ3n) is 2.32. The number of aryl methyl sites for hydroxylation is 1. The molecule has 0 bridgehead atoms. The molecule has 6 nitrogen and oxygen atoms in total. The second kappa shape index (κ2) is 4.18. The van der Waals surface area contributed by atoms with E-state index in [1.54, 1.807) is 12.4 Å². The first-order valence-corrected chi connectivity index (χ1v) is 4.88. The number of hydrogen-bond acceptors (Lipinski definition) is 5. The van der Waals surface area contributed by atoms with Crippen LogP contribution < -0.4 is 5.11 Å². The molecule has 2 heterocycles. The Hall–Kier alpha value is -2.11. The molecule has 84 valence electrons. The molecule has 0 spiro atoms. The minimum absolute atomic E-state index is 0.127. The molecule has 0 aliphatic rings. The molecule has 0 unspecified atom stereocenters. The standard InChI is InChI=1S/C10H11N3O3/c1-2-8-7(3-6-4-11-12-5-6)9(10(14)15)13-16-8/h4-5H,2-3H2,1H3,(H,11,12)(H,14,15)/p-1. The Balaban J connectivity index is 2.37. The molecular formula is C10H10N3O3-. The van der Waals surface area contributed by atoms with Gasteiger partial charge in [0.2, 0.25) is 0 Å². The van der Waals surface area contributed by atoms with Gasteiger partial charge in [0.15, 0.2) is 0 Å². The van der Waals surface area contributed by atoms with Crippen molar-refractivity contribution < 1.29 is 14.4 Å². The molecule has 1 N–H and O–H groups in total. The molecule has 0 saturated heterocycles. The highest BCUT2D eigenvalue weighted by atomic mass is 16.5. The molecule has 2 aromatic rings. The van der Waals surface area contributed by atoms with Gasteiger partial charge in [-0.1, -0.05) is 12.1 Å².